The Balaban J connectivity index is 1.60. The summed E-state index contributed by atoms with van der Waals surface area (Å²) in [5.41, 5.74) is 0. The van der Waals surface area contributed by atoms with Crippen LogP contribution in [0, 0.1) is 0 Å². The predicted octanol–water partition coefficient (Wildman–Crippen LogP) is 0.0253. The van der Waals surface area contributed by atoms with Crippen LogP contribution in [-0.2, 0) is 11.3 Å². The Labute approximate surface area is 120 Å². The monoisotopic (exact) mass is 279 g/mol. The van der Waals surface area contributed by atoms with Crippen molar-refractivity contribution in [1.29, 1.82) is 0 Å². The van der Waals surface area contributed by atoms with Crippen molar-refractivity contribution >= 4 is 5.91 Å². The molecule has 1 atom stereocenters. The van der Waals surface area contributed by atoms with E-state index in [1.165, 1.54) is 0 Å². The summed E-state index contributed by atoms with van der Waals surface area (Å²) in [5.74, 6) is 0.127. The lowest BCUT2D eigenvalue weighted by Crippen LogP contribution is -2.53. The van der Waals surface area contributed by atoms with Gasteiger partial charge in [-0.15, -0.1) is 0 Å². The van der Waals surface area contributed by atoms with Crippen molar-refractivity contribution in [1.82, 2.24) is 24.9 Å². The van der Waals surface area contributed by atoms with E-state index < -0.39 is 0 Å². The third kappa shape index (κ3) is 4.61. The number of carbonyl (C=O) groups is 1. The van der Waals surface area contributed by atoms with E-state index in [4.69, 9.17) is 0 Å². The fourth-order valence-corrected chi connectivity index (χ4v) is 2.55. The number of hydrogen-bond acceptors (Lipinski definition) is 4. The second-order valence-electron chi connectivity index (χ2n) is 5.55. The molecule has 0 radical (unpaired) electrons. The first-order chi connectivity index (χ1) is 9.65. The van der Waals surface area contributed by atoms with Crippen molar-refractivity contribution in [3.8, 4) is 0 Å². The summed E-state index contributed by atoms with van der Waals surface area (Å²) in [6.07, 6.45) is 4.62. The minimum absolute atomic E-state index is 0.127. The number of rotatable bonds is 6. The molecule has 1 fully saturated rings. The fraction of sp³-hybridized carbons (Fsp3) is 0.714. The number of aryl methyl sites for hydroxylation is 1. The number of nitrogens with one attached hydrogen (secondary N) is 1. The normalized spacial score (nSPS) is 21.0. The molecular formula is C14H25N5O. The standard InChI is InChI=1S/C14H25N5O/c1-13-11-17(2)9-10-18(13)12-14(20)15-5-3-7-19-8-4-6-16-19/h4,6,8,13H,3,5,7,9-12H2,1-2H3,(H,15,20)/t13-/m1/s1. The van der Waals surface area contributed by atoms with E-state index >= 15 is 0 Å². The van der Waals surface area contributed by atoms with E-state index in [0.29, 0.717) is 19.1 Å². The van der Waals surface area contributed by atoms with Crippen LogP contribution in [0.5, 0.6) is 0 Å². The lowest BCUT2D eigenvalue weighted by atomic mass is 10.2. The second kappa shape index (κ2) is 7.40. The second-order valence-corrected chi connectivity index (χ2v) is 5.55. The van der Waals surface area contributed by atoms with E-state index in [1.54, 1.807) is 6.20 Å². The quantitative estimate of drug-likeness (QED) is 0.746. The van der Waals surface area contributed by atoms with Crippen LogP contribution in [0.3, 0.4) is 0 Å². The Morgan fingerprint density at radius 1 is 1.45 bits per heavy atom. The summed E-state index contributed by atoms with van der Waals surface area (Å²) < 4.78 is 1.88. The van der Waals surface area contributed by atoms with Gasteiger partial charge in [-0.1, -0.05) is 0 Å². The zero-order valence-electron chi connectivity index (χ0n) is 12.5. The third-order valence-electron chi connectivity index (χ3n) is 3.76. The van der Waals surface area contributed by atoms with Gasteiger partial charge in [-0.3, -0.25) is 14.4 Å². The molecule has 1 N–H and O–H groups in total. The zero-order valence-corrected chi connectivity index (χ0v) is 12.5. The third-order valence-corrected chi connectivity index (χ3v) is 3.76. The smallest absolute Gasteiger partial charge is 0.234 e. The Hall–Kier alpha value is -1.40. The van der Waals surface area contributed by atoms with Gasteiger partial charge < -0.3 is 10.2 Å². The van der Waals surface area contributed by atoms with Crippen molar-refractivity contribution in [3.63, 3.8) is 0 Å². The van der Waals surface area contributed by atoms with Gasteiger partial charge in [0.2, 0.25) is 5.91 Å². The topological polar surface area (TPSA) is 53.4 Å². The molecule has 0 aliphatic carbocycles. The maximum Gasteiger partial charge on any atom is 0.234 e. The molecule has 1 aliphatic rings. The van der Waals surface area contributed by atoms with Gasteiger partial charge in [-0.25, -0.2) is 0 Å². The maximum atomic E-state index is 11.9. The van der Waals surface area contributed by atoms with Crippen LogP contribution in [-0.4, -0.2) is 71.3 Å². The largest absolute Gasteiger partial charge is 0.355 e. The van der Waals surface area contributed by atoms with Crippen molar-refractivity contribution < 1.29 is 4.79 Å². The summed E-state index contributed by atoms with van der Waals surface area (Å²) in [5, 5.41) is 7.12. The molecule has 1 aromatic heterocycles. The van der Waals surface area contributed by atoms with Crippen LogP contribution in [0.4, 0.5) is 0 Å². The highest BCUT2D eigenvalue weighted by Crippen LogP contribution is 2.06. The van der Waals surface area contributed by atoms with Crippen LogP contribution < -0.4 is 5.32 Å². The molecule has 0 bridgehead atoms. The molecule has 1 amide bonds. The summed E-state index contributed by atoms with van der Waals surface area (Å²) in [7, 11) is 2.13. The zero-order chi connectivity index (χ0) is 14.4. The van der Waals surface area contributed by atoms with E-state index in [0.717, 1.165) is 32.6 Å². The van der Waals surface area contributed by atoms with Crippen molar-refractivity contribution in [2.75, 3.05) is 39.8 Å². The predicted molar refractivity (Wildman–Crippen MR) is 78.4 cm³/mol. The van der Waals surface area contributed by atoms with Crippen molar-refractivity contribution in [2.45, 2.75) is 25.9 Å². The molecule has 2 heterocycles. The molecule has 1 saturated heterocycles. The number of aromatic nitrogens is 2. The number of hydrogen-bond donors (Lipinski definition) is 1. The van der Waals surface area contributed by atoms with E-state index in [2.05, 4.69) is 34.2 Å². The highest BCUT2D eigenvalue weighted by atomic mass is 16.2. The van der Waals surface area contributed by atoms with Gasteiger partial charge in [0.05, 0.1) is 6.54 Å². The average molecular weight is 279 g/mol. The summed E-state index contributed by atoms with van der Waals surface area (Å²) in [4.78, 5) is 16.5. The van der Waals surface area contributed by atoms with Crippen LogP contribution in [0.1, 0.15) is 13.3 Å². The molecule has 20 heavy (non-hydrogen) atoms. The van der Waals surface area contributed by atoms with Gasteiger partial charge >= 0.3 is 0 Å². The molecule has 2 rings (SSSR count). The maximum absolute atomic E-state index is 11.9. The number of amides is 1. The average Bonchev–Trinajstić information content (AvgIpc) is 2.91. The van der Waals surface area contributed by atoms with Crippen LogP contribution in [0.2, 0.25) is 0 Å². The summed E-state index contributed by atoms with van der Waals surface area (Å²) >= 11 is 0. The molecule has 112 valence electrons. The number of piperazine rings is 1. The highest BCUT2D eigenvalue weighted by molar-refractivity contribution is 5.78. The van der Waals surface area contributed by atoms with Crippen molar-refractivity contribution in [3.05, 3.63) is 18.5 Å². The van der Waals surface area contributed by atoms with E-state index in [1.807, 2.05) is 16.9 Å². The minimum atomic E-state index is 0.127. The van der Waals surface area contributed by atoms with Gasteiger partial charge in [-0.05, 0) is 26.5 Å². The summed E-state index contributed by atoms with van der Waals surface area (Å²) in [6.45, 7) is 7.29. The Morgan fingerprint density at radius 2 is 2.30 bits per heavy atom. The molecule has 1 aliphatic heterocycles. The van der Waals surface area contributed by atoms with Crippen LogP contribution in [0.25, 0.3) is 0 Å². The molecule has 6 nitrogen and oxygen atoms in total. The van der Waals surface area contributed by atoms with Gasteiger partial charge in [0.1, 0.15) is 0 Å². The number of carbonyl (C=O) groups excluding carboxylic acids is 1. The first kappa shape index (κ1) is 15.0. The molecule has 1 aromatic rings. The van der Waals surface area contributed by atoms with Crippen LogP contribution in [0.15, 0.2) is 18.5 Å². The van der Waals surface area contributed by atoms with Crippen molar-refractivity contribution in [2.24, 2.45) is 0 Å². The first-order valence-corrected chi connectivity index (χ1v) is 7.32. The molecular weight excluding hydrogens is 254 g/mol. The fourth-order valence-electron chi connectivity index (χ4n) is 2.55. The molecule has 0 aromatic carbocycles. The van der Waals surface area contributed by atoms with E-state index in [-0.39, 0.29) is 5.91 Å². The highest BCUT2D eigenvalue weighted by Gasteiger charge is 2.22. The Kier molecular flexibility index (Phi) is 5.55. The van der Waals surface area contributed by atoms with E-state index in [9.17, 15) is 4.79 Å². The van der Waals surface area contributed by atoms with Crippen LogP contribution >= 0.6 is 0 Å². The Morgan fingerprint density at radius 3 is 3.00 bits per heavy atom. The molecule has 0 unspecified atom stereocenters. The number of nitrogens with zero attached hydrogens (tertiary/aromatic N) is 4. The molecule has 0 saturated carbocycles. The Bertz CT molecular complexity index is 406. The SMILES string of the molecule is C[C@@H]1CN(C)CCN1CC(=O)NCCCn1cccn1. The number of likely N-dealkylation sites (N-methyl/N-ethyl adjacent to an activating group) is 1. The first-order valence-electron chi connectivity index (χ1n) is 7.32. The lowest BCUT2D eigenvalue weighted by molar-refractivity contribution is -0.123. The van der Waals surface area contributed by atoms with Gasteiger partial charge in [0, 0.05) is 51.2 Å². The van der Waals surface area contributed by atoms with Gasteiger partial charge in [0.15, 0.2) is 0 Å². The van der Waals surface area contributed by atoms with Gasteiger partial charge in [-0.2, -0.15) is 5.10 Å². The minimum Gasteiger partial charge on any atom is -0.355 e. The molecule has 6 heteroatoms. The molecule has 0 spiro atoms. The summed E-state index contributed by atoms with van der Waals surface area (Å²) in [6, 6.07) is 2.36. The lowest BCUT2D eigenvalue weighted by Gasteiger charge is -2.37. The van der Waals surface area contributed by atoms with Gasteiger partial charge in [0.25, 0.3) is 0 Å².